The number of barbiturate groups is 1. The lowest BCUT2D eigenvalue weighted by molar-refractivity contribution is -0.136. The predicted octanol–water partition coefficient (Wildman–Crippen LogP) is 2.01. The number of nitrogens with zero attached hydrogens (tertiary/aromatic N) is 1. The van der Waals surface area contributed by atoms with Crippen molar-refractivity contribution < 1.29 is 14.4 Å². The number of amides is 4. The number of rotatable bonds is 1. The zero-order chi connectivity index (χ0) is 13.8. The van der Waals surface area contributed by atoms with E-state index in [-0.39, 0.29) is 0 Å². The number of hydrogen-bond acceptors (Lipinski definition) is 3. The molecule has 1 saturated carbocycles. The maximum atomic E-state index is 12.3. The zero-order valence-electron chi connectivity index (χ0n) is 10.2. The van der Waals surface area contributed by atoms with Gasteiger partial charge in [-0.05, 0) is 37.5 Å². The van der Waals surface area contributed by atoms with Gasteiger partial charge in [-0.1, -0.05) is 17.7 Å². The standard InChI is InChI=1S/C13H11ClN2O3/c1-7-2-3-8(6-9(7)14)16-11(18)13(4-5-13)10(17)15-12(16)19/h2-3,6H,4-5H2,1H3,(H,15,17,19). The number of hydrogen-bond donors (Lipinski definition) is 1. The predicted molar refractivity (Wildman–Crippen MR) is 68.9 cm³/mol. The van der Waals surface area contributed by atoms with Crippen LogP contribution in [0, 0.1) is 12.3 Å². The van der Waals surface area contributed by atoms with Crippen LogP contribution in [0.5, 0.6) is 0 Å². The van der Waals surface area contributed by atoms with Gasteiger partial charge in [-0.2, -0.15) is 0 Å². The Labute approximate surface area is 114 Å². The van der Waals surface area contributed by atoms with Crippen molar-refractivity contribution in [2.45, 2.75) is 19.8 Å². The first-order valence-electron chi connectivity index (χ1n) is 5.92. The van der Waals surface area contributed by atoms with Crippen molar-refractivity contribution in [2.24, 2.45) is 5.41 Å². The summed E-state index contributed by atoms with van der Waals surface area (Å²) in [5.74, 6) is -0.946. The van der Waals surface area contributed by atoms with E-state index in [1.165, 1.54) is 0 Å². The van der Waals surface area contributed by atoms with Crippen molar-refractivity contribution in [3.8, 4) is 0 Å². The molecule has 4 amide bonds. The van der Waals surface area contributed by atoms with Crippen LogP contribution in [0.1, 0.15) is 18.4 Å². The number of imide groups is 2. The van der Waals surface area contributed by atoms with Gasteiger partial charge in [0.25, 0.3) is 5.91 Å². The molecule has 0 aromatic heterocycles. The lowest BCUT2D eigenvalue weighted by Gasteiger charge is -2.30. The average Bonchev–Trinajstić information content (AvgIpc) is 3.13. The number of halogens is 1. The fourth-order valence-electron chi connectivity index (χ4n) is 2.20. The van der Waals surface area contributed by atoms with Crippen LogP contribution in [0.2, 0.25) is 5.02 Å². The summed E-state index contributed by atoms with van der Waals surface area (Å²) >= 11 is 6.01. The molecular weight excluding hydrogens is 268 g/mol. The molecule has 0 radical (unpaired) electrons. The summed E-state index contributed by atoms with van der Waals surface area (Å²) in [6, 6.07) is 4.21. The third kappa shape index (κ3) is 1.65. The topological polar surface area (TPSA) is 66.5 Å². The summed E-state index contributed by atoms with van der Waals surface area (Å²) in [5, 5.41) is 2.70. The van der Waals surface area contributed by atoms with Gasteiger partial charge in [0.1, 0.15) is 5.41 Å². The molecule has 19 heavy (non-hydrogen) atoms. The van der Waals surface area contributed by atoms with Gasteiger partial charge in [-0.25, -0.2) is 9.69 Å². The number of nitrogens with one attached hydrogen (secondary N) is 1. The second-order valence-corrected chi connectivity index (χ2v) is 5.32. The van der Waals surface area contributed by atoms with E-state index in [1.54, 1.807) is 18.2 Å². The summed E-state index contributed by atoms with van der Waals surface area (Å²) in [5.41, 5.74) is 0.204. The van der Waals surface area contributed by atoms with E-state index in [0.717, 1.165) is 10.5 Å². The second kappa shape index (κ2) is 3.81. The fourth-order valence-corrected chi connectivity index (χ4v) is 2.37. The molecule has 1 spiro atoms. The third-order valence-corrected chi connectivity index (χ3v) is 4.04. The number of aryl methyl sites for hydroxylation is 1. The first kappa shape index (κ1) is 12.2. The normalized spacial score (nSPS) is 20.7. The summed E-state index contributed by atoms with van der Waals surface area (Å²) in [4.78, 5) is 36.9. The molecule has 0 bridgehead atoms. The Balaban J connectivity index is 2.03. The van der Waals surface area contributed by atoms with Crippen LogP contribution < -0.4 is 10.2 Å². The van der Waals surface area contributed by atoms with Gasteiger partial charge in [0.2, 0.25) is 5.91 Å². The zero-order valence-corrected chi connectivity index (χ0v) is 11.0. The Bertz CT molecular complexity index is 622. The molecule has 1 aromatic rings. The van der Waals surface area contributed by atoms with Gasteiger partial charge < -0.3 is 0 Å². The first-order chi connectivity index (χ1) is 8.95. The van der Waals surface area contributed by atoms with Crippen molar-refractivity contribution in [1.29, 1.82) is 0 Å². The van der Waals surface area contributed by atoms with Crippen LogP contribution in [-0.4, -0.2) is 17.8 Å². The Kier molecular flexibility index (Phi) is 2.44. The van der Waals surface area contributed by atoms with Crippen molar-refractivity contribution in [3.05, 3.63) is 28.8 Å². The molecular formula is C13H11ClN2O3. The molecule has 1 heterocycles. The van der Waals surface area contributed by atoms with Crippen molar-refractivity contribution in [1.82, 2.24) is 5.32 Å². The van der Waals surface area contributed by atoms with Gasteiger partial charge in [-0.3, -0.25) is 14.9 Å². The molecule has 6 heteroatoms. The van der Waals surface area contributed by atoms with Crippen molar-refractivity contribution in [2.75, 3.05) is 4.90 Å². The molecule has 2 fully saturated rings. The molecule has 1 aromatic carbocycles. The minimum absolute atomic E-state index is 0.386. The monoisotopic (exact) mass is 278 g/mol. The number of urea groups is 1. The lowest BCUT2D eigenvalue weighted by Crippen LogP contribution is -2.59. The van der Waals surface area contributed by atoms with Crippen LogP contribution >= 0.6 is 11.6 Å². The van der Waals surface area contributed by atoms with Gasteiger partial charge >= 0.3 is 6.03 Å². The second-order valence-electron chi connectivity index (χ2n) is 4.92. The van der Waals surface area contributed by atoms with Gasteiger partial charge in [0, 0.05) is 5.02 Å². The number of benzene rings is 1. The summed E-state index contributed by atoms with van der Waals surface area (Å²) < 4.78 is 0. The van der Waals surface area contributed by atoms with Crippen LogP contribution in [0.15, 0.2) is 18.2 Å². The van der Waals surface area contributed by atoms with E-state index in [0.29, 0.717) is 23.6 Å². The molecule has 3 rings (SSSR count). The number of anilines is 1. The largest absolute Gasteiger partial charge is 0.335 e. The van der Waals surface area contributed by atoms with E-state index in [4.69, 9.17) is 11.6 Å². The summed E-state index contributed by atoms with van der Waals surface area (Å²) in [7, 11) is 0. The Morgan fingerprint density at radius 2 is 1.95 bits per heavy atom. The Morgan fingerprint density at radius 1 is 1.26 bits per heavy atom. The smallest absolute Gasteiger partial charge is 0.276 e. The third-order valence-electron chi connectivity index (χ3n) is 3.63. The minimum atomic E-state index is -1.04. The molecule has 2 aliphatic rings. The molecule has 1 aliphatic carbocycles. The van der Waals surface area contributed by atoms with E-state index < -0.39 is 23.3 Å². The van der Waals surface area contributed by atoms with Crippen molar-refractivity contribution in [3.63, 3.8) is 0 Å². The van der Waals surface area contributed by atoms with Gasteiger partial charge in [0.05, 0.1) is 5.69 Å². The molecule has 1 aliphatic heterocycles. The molecule has 5 nitrogen and oxygen atoms in total. The van der Waals surface area contributed by atoms with Crippen LogP contribution in [-0.2, 0) is 9.59 Å². The summed E-state index contributed by atoms with van der Waals surface area (Å²) in [6.45, 7) is 1.83. The van der Waals surface area contributed by atoms with Crippen LogP contribution in [0.3, 0.4) is 0 Å². The highest BCUT2D eigenvalue weighted by Crippen LogP contribution is 2.49. The first-order valence-corrected chi connectivity index (χ1v) is 6.30. The lowest BCUT2D eigenvalue weighted by atomic mass is 10.0. The summed E-state index contributed by atoms with van der Waals surface area (Å²) in [6.07, 6.45) is 0.974. The van der Waals surface area contributed by atoms with Crippen molar-refractivity contribution >= 4 is 35.1 Å². The molecule has 98 valence electrons. The highest BCUT2D eigenvalue weighted by molar-refractivity contribution is 6.33. The maximum Gasteiger partial charge on any atom is 0.335 e. The van der Waals surface area contributed by atoms with Gasteiger partial charge in [-0.15, -0.1) is 0 Å². The Hall–Kier alpha value is -1.88. The molecule has 1 saturated heterocycles. The Morgan fingerprint density at radius 3 is 2.53 bits per heavy atom. The fraction of sp³-hybridized carbons (Fsp3) is 0.308. The number of carbonyl (C=O) groups is 3. The average molecular weight is 279 g/mol. The highest BCUT2D eigenvalue weighted by atomic mass is 35.5. The highest BCUT2D eigenvalue weighted by Gasteiger charge is 2.62. The van der Waals surface area contributed by atoms with Crippen LogP contribution in [0.4, 0.5) is 10.5 Å². The van der Waals surface area contributed by atoms with E-state index in [1.807, 2.05) is 6.92 Å². The quantitative estimate of drug-likeness (QED) is 0.799. The van der Waals surface area contributed by atoms with E-state index >= 15 is 0 Å². The SMILES string of the molecule is Cc1ccc(N2C(=O)NC(=O)C3(CC3)C2=O)cc1Cl. The molecule has 0 atom stereocenters. The van der Waals surface area contributed by atoms with Gasteiger partial charge in [0.15, 0.2) is 0 Å². The maximum absolute atomic E-state index is 12.3. The molecule has 1 N–H and O–H groups in total. The van der Waals surface area contributed by atoms with E-state index in [2.05, 4.69) is 5.32 Å². The van der Waals surface area contributed by atoms with Crippen LogP contribution in [0.25, 0.3) is 0 Å². The number of carbonyl (C=O) groups excluding carboxylic acids is 3. The minimum Gasteiger partial charge on any atom is -0.276 e. The van der Waals surface area contributed by atoms with E-state index in [9.17, 15) is 14.4 Å². The molecule has 0 unspecified atom stereocenters.